The number of hydrogen-bond donors (Lipinski definition) is 2. The smallest absolute Gasteiger partial charge is 0.316 e. The topological polar surface area (TPSA) is 105 Å². The zero-order chi connectivity index (χ0) is 16.9. The molecule has 0 spiro atoms. The lowest BCUT2D eigenvalue weighted by atomic mass is 9.90. The summed E-state index contributed by atoms with van der Waals surface area (Å²) < 4.78 is 5.18. The zero-order valence-electron chi connectivity index (χ0n) is 12.8. The van der Waals surface area contributed by atoms with Crippen LogP contribution in [0.5, 0.6) is 0 Å². The van der Waals surface area contributed by atoms with Crippen LogP contribution in [-0.2, 0) is 9.59 Å². The molecule has 0 saturated heterocycles. The number of nitrogens with one attached hydrogen (secondary N) is 1. The van der Waals surface area contributed by atoms with E-state index in [9.17, 15) is 14.7 Å². The quantitative estimate of drug-likeness (QED) is 0.778. The van der Waals surface area contributed by atoms with Crippen molar-refractivity contribution in [2.75, 3.05) is 5.32 Å². The van der Waals surface area contributed by atoms with E-state index in [0.29, 0.717) is 15.9 Å². The van der Waals surface area contributed by atoms with Gasteiger partial charge in [0, 0.05) is 0 Å². The first-order chi connectivity index (χ1) is 11.6. The molecule has 3 rings (SSSR count). The molecule has 1 fully saturated rings. The third-order valence-electron chi connectivity index (χ3n) is 4.02. The van der Waals surface area contributed by atoms with Gasteiger partial charge in [0.25, 0.3) is 0 Å². The number of carbonyl (C=O) groups excluding carboxylic acids is 1. The van der Waals surface area contributed by atoms with Crippen molar-refractivity contribution in [3.05, 3.63) is 29.2 Å². The summed E-state index contributed by atoms with van der Waals surface area (Å²) in [5.74, 6) is -2.05. The van der Waals surface area contributed by atoms with Gasteiger partial charge in [-0.05, 0) is 43.0 Å². The third kappa shape index (κ3) is 3.88. The van der Waals surface area contributed by atoms with Crippen LogP contribution in [0, 0.1) is 11.8 Å². The summed E-state index contributed by atoms with van der Waals surface area (Å²) in [6.07, 6.45) is 8.53. The number of carboxylic acid groups (broad SMARTS) is 1. The average Bonchev–Trinajstić information content (AvgIpc) is 3.28. The Hall–Kier alpha value is -2.48. The molecule has 8 heteroatoms. The van der Waals surface area contributed by atoms with Gasteiger partial charge < -0.3 is 9.52 Å². The zero-order valence-corrected chi connectivity index (χ0v) is 13.7. The van der Waals surface area contributed by atoms with Crippen LogP contribution >= 0.6 is 11.3 Å². The highest BCUT2D eigenvalue weighted by molar-refractivity contribution is 7.16. The van der Waals surface area contributed by atoms with Crippen molar-refractivity contribution in [2.24, 2.45) is 11.8 Å². The van der Waals surface area contributed by atoms with E-state index in [-0.39, 0.29) is 5.92 Å². The maximum Gasteiger partial charge on any atom is 0.316 e. The van der Waals surface area contributed by atoms with Crippen LogP contribution < -0.4 is 5.32 Å². The second-order valence-electron chi connectivity index (χ2n) is 5.64. The molecule has 0 radical (unpaired) electrons. The Bertz CT molecular complexity index is 732. The lowest BCUT2D eigenvalue weighted by molar-refractivity contribution is -0.147. The number of carboxylic acids is 1. The molecule has 2 aromatic rings. The number of amides is 1. The Morgan fingerprint density at radius 1 is 1.33 bits per heavy atom. The van der Waals surface area contributed by atoms with Crippen LogP contribution in [0.3, 0.4) is 0 Å². The molecule has 1 amide bonds. The molecule has 0 aromatic carbocycles. The number of aliphatic carboxylic acids is 1. The second kappa shape index (κ2) is 7.39. The normalized spacial score (nSPS) is 16.5. The molecule has 2 aromatic heterocycles. The van der Waals surface area contributed by atoms with Gasteiger partial charge in [-0.2, -0.15) is 0 Å². The summed E-state index contributed by atoms with van der Waals surface area (Å²) >= 11 is 1.18. The van der Waals surface area contributed by atoms with Crippen molar-refractivity contribution in [3.8, 4) is 0 Å². The Balaban J connectivity index is 1.64. The summed E-state index contributed by atoms with van der Waals surface area (Å²) in [7, 11) is 0. The fraction of sp³-hybridized carbons (Fsp3) is 0.375. The largest absolute Gasteiger partial charge is 0.481 e. The van der Waals surface area contributed by atoms with Crippen LogP contribution in [0.15, 0.2) is 22.8 Å². The minimum atomic E-state index is -1.08. The first-order valence-electron chi connectivity index (χ1n) is 7.72. The van der Waals surface area contributed by atoms with Gasteiger partial charge in [-0.25, -0.2) is 0 Å². The monoisotopic (exact) mass is 347 g/mol. The van der Waals surface area contributed by atoms with Crippen molar-refractivity contribution in [1.82, 2.24) is 10.2 Å². The van der Waals surface area contributed by atoms with Crippen LogP contribution in [-0.4, -0.2) is 27.2 Å². The number of nitrogens with zero attached hydrogens (tertiary/aromatic N) is 2. The molecular weight excluding hydrogens is 330 g/mol. The Morgan fingerprint density at radius 3 is 2.79 bits per heavy atom. The van der Waals surface area contributed by atoms with E-state index in [1.165, 1.54) is 11.3 Å². The minimum absolute atomic E-state index is 0.103. The second-order valence-corrected chi connectivity index (χ2v) is 6.65. The molecular formula is C16H17N3O4S. The number of aromatic nitrogens is 2. The van der Waals surface area contributed by atoms with Gasteiger partial charge in [-0.3, -0.25) is 14.9 Å². The Labute approximate surface area is 142 Å². The average molecular weight is 347 g/mol. The van der Waals surface area contributed by atoms with Crippen LogP contribution in [0.25, 0.3) is 12.2 Å². The predicted octanol–water partition coefficient (Wildman–Crippen LogP) is 3.13. The van der Waals surface area contributed by atoms with Crippen molar-refractivity contribution in [1.29, 1.82) is 0 Å². The van der Waals surface area contributed by atoms with Crippen molar-refractivity contribution in [3.63, 3.8) is 0 Å². The van der Waals surface area contributed by atoms with Crippen molar-refractivity contribution >= 4 is 40.5 Å². The van der Waals surface area contributed by atoms with E-state index < -0.39 is 17.8 Å². The molecule has 0 bridgehead atoms. The van der Waals surface area contributed by atoms with E-state index in [0.717, 1.165) is 25.7 Å². The molecule has 0 aliphatic heterocycles. The van der Waals surface area contributed by atoms with Crippen molar-refractivity contribution < 1.29 is 19.1 Å². The number of hydrogen-bond acceptors (Lipinski definition) is 6. The molecule has 24 heavy (non-hydrogen) atoms. The molecule has 1 aliphatic carbocycles. The van der Waals surface area contributed by atoms with Gasteiger partial charge in [-0.15, -0.1) is 10.2 Å². The maximum atomic E-state index is 12.3. The number of anilines is 1. The number of rotatable bonds is 6. The molecule has 7 nitrogen and oxygen atoms in total. The molecule has 1 unspecified atom stereocenters. The molecule has 1 aliphatic rings. The Morgan fingerprint density at radius 2 is 2.12 bits per heavy atom. The summed E-state index contributed by atoms with van der Waals surface area (Å²) in [6, 6.07) is 3.58. The van der Waals surface area contributed by atoms with E-state index in [2.05, 4.69) is 15.5 Å². The van der Waals surface area contributed by atoms with Gasteiger partial charge in [0.1, 0.15) is 16.7 Å². The SMILES string of the molecule is O=C(O)C(C(=O)Nc1nnc(/C=C/c2ccco2)s1)C1CCCC1. The Kier molecular flexibility index (Phi) is 5.05. The predicted molar refractivity (Wildman–Crippen MR) is 89.3 cm³/mol. The van der Waals surface area contributed by atoms with E-state index >= 15 is 0 Å². The van der Waals surface area contributed by atoms with Crippen molar-refractivity contribution in [2.45, 2.75) is 25.7 Å². The summed E-state index contributed by atoms with van der Waals surface area (Å²) in [4.78, 5) is 23.8. The molecule has 2 heterocycles. The lowest BCUT2D eigenvalue weighted by Crippen LogP contribution is -2.34. The molecule has 126 valence electrons. The first kappa shape index (κ1) is 16.4. The maximum absolute atomic E-state index is 12.3. The molecule has 2 N–H and O–H groups in total. The van der Waals surface area contributed by atoms with E-state index in [1.807, 2.05) is 0 Å². The van der Waals surface area contributed by atoms with Crippen LogP contribution in [0.1, 0.15) is 36.5 Å². The molecule has 1 atom stereocenters. The number of furan rings is 1. The summed E-state index contributed by atoms with van der Waals surface area (Å²) in [5.41, 5.74) is 0. The summed E-state index contributed by atoms with van der Waals surface area (Å²) in [5, 5.41) is 20.7. The summed E-state index contributed by atoms with van der Waals surface area (Å²) in [6.45, 7) is 0. The minimum Gasteiger partial charge on any atom is -0.481 e. The van der Waals surface area contributed by atoms with E-state index in [1.54, 1.807) is 30.5 Å². The van der Waals surface area contributed by atoms with Gasteiger partial charge >= 0.3 is 5.97 Å². The number of carbonyl (C=O) groups is 2. The highest BCUT2D eigenvalue weighted by Crippen LogP contribution is 2.32. The fourth-order valence-electron chi connectivity index (χ4n) is 2.89. The van der Waals surface area contributed by atoms with Crippen LogP contribution in [0.2, 0.25) is 0 Å². The highest BCUT2D eigenvalue weighted by atomic mass is 32.1. The molecule has 1 saturated carbocycles. The van der Waals surface area contributed by atoms with Gasteiger partial charge in [0.2, 0.25) is 11.0 Å². The standard InChI is InChI=1S/C16H17N3O4S/c20-14(13(15(21)22)10-4-1-2-5-10)17-16-19-18-12(24-16)8-7-11-6-3-9-23-11/h3,6-10,13H,1-2,4-5H2,(H,21,22)(H,17,19,20)/b8-7+. The van der Waals surface area contributed by atoms with Crippen LogP contribution in [0.4, 0.5) is 5.13 Å². The van der Waals surface area contributed by atoms with Gasteiger partial charge in [-0.1, -0.05) is 24.2 Å². The fourth-order valence-corrected chi connectivity index (χ4v) is 3.54. The third-order valence-corrected chi connectivity index (χ3v) is 4.83. The van der Waals surface area contributed by atoms with E-state index in [4.69, 9.17) is 4.42 Å². The first-order valence-corrected chi connectivity index (χ1v) is 8.54. The van der Waals surface area contributed by atoms with Gasteiger partial charge in [0.05, 0.1) is 6.26 Å². The lowest BCUT2D eigenvalue weighted by Gasteiger charge is -2.17. The van der Waals surface area contributed by atoms with Gasteiger partial charge in [0.15, 0.2) is 0 Å². The highest BCUT2D eigenvalue weighted by Gasteiger charge is 2.36.